The molecule has 2 aromatic heterocycles. The molecule has 3 rings (SSSR count). The summed E-state index contributed by atoms with van der Waals surface area (Å²) in [5.41, 5.74) is 1.51. The molecule has 27 heavy (non-hydrogen) atoms. The van der Waals surface area contributed by atoms with Gasteiger partial charge in [0.15, 0.2) is 0 Å². The molecule has 0 unspecified atom stereocenters. The van der Waals surface area contributed by atoms with Crippen LogP contribution < -0.4 is 20.3 Å². The molecule has 1 aliphatic heterocycles. The van der Waals surface area contributed by atoms with Gasteiger partial charge in [0.25, 0.3) is 0 Å². The molecule has 0 aliphatic carbocycles. The van der Waals surface area contributed by atoms with E-state index in [1.54, 1.807) is 18.3 Å². The third-order valence-corrected chi connectivity index (χ3v) is 4.49. The second-order valence-electron chi connectivity index (χ2n) is 6.52. The van der Waals surface area contributed by atoms with Gasteiger partial charge in [0.2, 0.25) is 5.88 Å². The van der Waals surface area contributed by atoms with E-state index < -0.39 is 0 Å². The molecular weight excluding hydrogens is 342 g/mol. The first-order valence-corrected chi connectivity index (χ1v) is 9.59. The molecule has 7 heteroatoms. The van der Waals surface area contributed by atoms with Crippen LogP contribution in [0.4, 0.5) is 16.3 Å². The smallest absolute Gasteiger partial charge is 0.319 e. The summed E-state index contributed by atoms with van der Waals surface area (Å²) in [5, 5.41) is 5.61. The van der Waals surface area contributed by atoms with E-state index >= 15 is 0 Å². The Morgan fingerprint density at radius 1 is 1.15 bits per heavy atom. The van der Waals surface area contributed by atoms with Gasteiger partial charge < -0.3 is 20.3 Å². The Morgan fingerprint density at radius 3 is 2.67 bits per heavy atom. The second-order valence-corrected chi connectivity index (χ2v) is 6.52. The molecule has 144 valence electrons. The Hall–Kier alpha value is -2.83. The molecule has 1 saturated heterocycles. The number of carbonyl (C=O) groups is 1. The van der Waals surface area contributed by atoms with Crippen LogP contribution in [-0.2, 0) is 6.54 Å². The predicted octanol–water partition coefficient (Wildman–Crippen LogP) is 3.58. The fraction of sp³-hybridized carbons (Fsp3) is 0.450. The summed E-state index contributed by atoms with van der Waals surface area (Å²) in [6, 6.07) is 7.26. The number of nitrogens with one attached hydrogen (secondary N) is 2. The number of aromatic nitrogens is 2. The minimum Gasteiger partial charge on any atom is -0.476 e. The number of ether oxygens (including phenoxy) is 1. The first kappa shape index (κ1) is 18.9. The molecular formula is C20H27N5O2. The minimum atomic E-state index is -0.305. The summed E-state index contributed by atoms with van der Waals surface area (Å²) in [4.78, 5) is 23.2. The molecule has 0 spiro atoms. The highest BCUT2D eigenvalue weighted by atomic mass is 16.5. The fourth-order valence-corrected chi connectivity index (χ4v) is 3.09. The Labute approximate surface area is 160 Å². The van der Waals surface area contributed by atoms with Gasteiger partial charge in [-0.25, -0.2) is 14.8 Å². The number of nitrogens with zero attached hydrogens (tertiary/aromatic N) is 3. The van der Waals surface area contributed by atoms with Crippen molar-refractivity contribution in [1.29, 1.82) is 0 Å². The van der Waals surface area contributed by atoms with Crippen molar-refractivity contribution in [2.45, 2.75) is 39.2 Å². The number of amides is 2. The van der Waals surface area contributed by atoms with E-state index in [1.807, 2.05) is 25.3 Å². The Balaban J connectivity index is 1.51. The lowest BCUT2D eigenvalue weighted by molar-refractivity contribution is 0.251. The Bertz CT molecular complexity index is 727. The number of hydrogen-bond acceptors (Lipinski definition) is 5. The molecule has 0 aromatic carbocycles. The van der Waals surface area contributed by atoms with E-state index in [1.165, 1.54) is 25.7 Å². The maximum atomic E-state index is 12.2. The zero-order valence-corrected chi connectivity index (χ0v) is 15.8. The first-order chi connectivity index (χ1) is 13.3. The number of pyridine rings is 2. The van der Waals surface area contributed by atoms with Crippen molar-refractivity contribution in [3.8, 4) is 5.88 Å². The van der Waals surface area contributed by atoms with E-state index in [0.29, 0.717) is 24.7 Å². The fourth-order valence-electron chi connectivity index (χ4n) is 3.09. The summed E-state index contributed by atoms with van der Waals surface area (Å²) in [6.45, 7) is 4.91. The van der Waals surface area contributed by atoms with Crippen molar-refractivity contribution in [3.05, 3.63) is 42.2 Å². The topological polar surface area (TPSA) is 79.4 Å². The van der Waals surface area contributed by atoms with E-state index in [-0.39, 0.29) is 6.03 Å². The van der Waals surface area contributed by atoms with Gasteiger partial charge in [-0.1, -0.05) is 18.9 Å². The van der Waals surface area contributed by atoms with Crippen LogP contribution in [0.2, 0.25) is 0 Å². The first-order valence-electron chi connectivity index (χ1n) is 9.59. The lowest BCUT2D eigenvalue weighted by Crippen LogP contribution is -2.28. The molecule has 2 amide bonds. The van der Waals surface area contributed by atoms with Gasteiger partial charge in [-0.3, -0.25) is 0 Å². The quantitative estimate of drug-likeness (QED) is 0.814. The Morgan fingerprint density at radius 2 is 1.96 bits per heavy atom. The second kappa shape index (κ2) is 9.75. The van der Waals surface area contributed by atoms with Crippen LogP contribution in [0.5, 0.6) is 5.88 Å². The molecule has 2 aromatic rings. The zero-order chi connectivity index (χ0) is 18.9. The van der Waals surface area contributed by atoms with Crippen LogP contribution in [0.15, 0.2) is 36.7 Å². The van der Waals surface area contributed by atoms with Gasteiger partial charge in [-0.05, 0) is 43.5 Å². The van der Waals surface area contributed by atoms with E-state index in [4.69, 9.17) is 4.74 Å². The predicted molar refractivity (Wildman–Crippen MR) is 106 cm³/mol. The van der Waals surface area contributed by atoms with Crippen molar-refractivity contribution in [2.24, 2.45) is 0 Å². The summed E-state index contributed by atoms with van der Waals surface area (Å²) < 4.78 is 5.41. The molecule has 3 heterocycles. The van der Waals surface area contributed by atoms with Crippen LogP contribution >= 0.6 is 0 Å². The van der Waals surface area contributed by atoms with Gasteiger partial charge in [-0.15, -0.1) is 0 Å². The number of anilines is 2. The van der Waals surface area contributed by atoms with Gasteiger partial charge in [0.1, 0.15) is 11.5 Å². The van der Waals surface area contributed by atoms with Gasteiger partial charge in [-0.2, -0.15) is 0 Å². The third kappa shape index (κ3) is 5.57. The molecule has 0 bridgehead atoms. The van der Waals surface area contributed by atoms with Crippen molar-refractivity contribution in [1.82, 2.24) is 15.3 Å². The minimum absolute atomic E-state index is 0.305. The van der Waals surface area contributed by atoms with E-state index in [2.05, 4.69) is 25.5 Å². The van der Waals surface area contributed by atoms with E-state index in [0.717, 1.165) is 24.5 Å². The average molecular weight is 369 g/mol. The lowest BCUT2D eigenvalue weighted by atomic mass is 10.2. The van der Waals surface area contributed by atoms with Crippen molar-refractivity contribution >= 4 is 17.5 Å². The average Bonchev–Trinajstić information content (AvgIpc) is 2.98. The number of hydrogen-bond donors (Lipinski definition) is 2. The van der Waals surface area contributed by atoms with Crippen LogP contribution in [0.3, 0.4) is 0 Å². The summed E-state index contributed by atoms with van der Waals surface area (Å²) in [5.74, 6) is 1.43. The summed E-state index contributed by atoms with van der Waals surface area (Å²) in [7, 11) is 0. The van der Waals surface area contributed by atoms with Crippen LogP contribution in [-0.4, -0.2) is 35.7 Å². The van der Waals surface area contributed by atoms with Crippen LogP contribution in [0.25, 0.3) is 0 Å². The van der Waals surface area contributed by atoms with Gasteiger partial charge in [0.05, 0.1) is 6.61 Å². The third-order valence-electron chi connectivity index (χ3n) is 4.49. The van der Waals surface area contributed by atoms with E-state index in [9.17, 15) is 4.79 Å². The van der Waals surface area contributed by atoms with Crippen molar-refractivity contribution in [3.63, 3.8) is 0 Å². The van der Waals surface area contributed by atoms with Crippen LogP contribution in [0, 0.1) is 0 Å². The standard InChI is InChI=1S/C20H27N5O2/c1-2-27-19-17(8-7-11-21-19)24-20(26)23-15-16-9-10-18(22-14-16)25-12-5-3-4-6-13-25/h7-11,14H,2-6,12-13,15H2,1H3,(H2,23,24,26). The largest absolute Gasteiger partial charge is 0.476 e. The van der Waals surface area contributed by atoms with Crippen molar-refractivity contribution < 1.29 is 9.53 Å². The molecule has 2 N–H and O–H groups in total. The van der Waals surface area contributed by atoms with Gasteiger partial charge >= 0.3 is 6.03 Å². The monoisotopic (exact) mass is 369 g/mol. The van der Waals surface area contributed by atoms with Crippen LogP contribution in [0.1, 0.15) is 38.2 Å². The zero-order valence-electron chi connectivity index (χ0n) is 15.8. The molecule has 0 saturated carbocycles. The number of urea groups is 1. The van der Waals surface area contributed by atoms with Gasteiger partial charge in [0, 0.05) is 32.0 Å². The Kier molecular flexibility index (Phi) is 6.84. The normalized spacial score (nSPS) is 14.3. The van der Waals surface area contributed by atoms with Crippen molar-refractivity contribution in [2.75, 3.05) is 29.9 Å². The SMILES string of the molecule is CCOc1ncccc1NC(=O)NCc1ccc(N2CCCCCC2)nc1. The summed E-state index contributed by atoms with van der Waals surface area (Å²) >= 11 is 0. The maximum Gasteiger partial charge on any atom is 0.319 e. The highest BCUT2D eigenvalue weighted by Gasteiger charge is 2.11. The molecule has 0 atom stereocenters. The maximum absolute atomic E-state index is 12.2. The lowest BCUT2D eigenvalue weighted by Gasteiger charge is -2.21. The molecule has 1 fully saturated rings. The molecule has 1 aliphatic rings. The highest BCUT2D eigenvalue weighted by molar-refractivity contribution is 5.90. The molecule has 0 radical (unpaired) electrons. The highest BCUT2D eigenvalue weighted by Crippen LogP contribution is 2.20. The number of rotatable bonds is 6. The molecule has 7 nitrogen and oxygen atoms in total. The number of carbonyl (C=O) groups excluding carboxylic acids is 1. The summed E-state index contributed by atoms with van der Waals surface area (Å²) in [6.07, 6.45) is 8.51.